The number of H-pyrrole nitrogens is 1. The number of nitrogens with one attached hydrogen (secondary N) is 1. The Hall–Kier alpha value is -2.12. The smallest absolute Gasteiger partial charge is 0.258 e. The number of nitrogens with zero attached hydrogens (tertiary/aromatic N) is 2. The fraction of sp³-hybridized carbons (Fsp3) is 0.556. The third-order valence-electron chi connectivity index (χ3n) is 4.36. The maximum Gasteiger partial charge on any atom is 0.258 e. The Morgan fingerprint density at radius 1 is 1.08 bits per heavy atom. The number of ether oxygens (including phenoxy) is 3. The van der Waals surface area contributed by atoms with Gasteiger partial charge < -0.3 is 19.2 Å². The lowest BCUT2D eigenvalue weighted by Crippen LogP contribution is -2.33. The molecule has 0 spiro atoms. The standard InChI is InChI=1S/C18H25N3O4/c1-23-9-10-25-16-11-14-15(19-13-20-18(14)22)12-17(16)24-8-7-21-5-3-2-4-6-21/h11-13H,2-10H2,1H3,(H,19,20,22). The summed E-state index contributed by atoms with van der Waals surface area (Å²) >= 11 is 0. The molecule has 1 N–H and O–H groups in total. The van der Waals surface area contributed by atoms with Gasteiger partial charge >= 0.3 is 0 Å². The van der Waals surface area contributed by atoms with Gasteiger partial charge in [-0.3, -0.25) is 9.69 Å². The van der Waals surface area contributed by atoms with E-state index in [1.165, 1.54) is 25.6 Å². The Kier molecular flexibility index (Phi) is 6.25. The average Bonchev–Trinajstić information content (AvgIpc) is 2.64. The van der Waals surface area contributed by atoms with Gasteiger partial charge in [0.1, 0.15) is 13.2 Å². The molecule has 0 amide bonds. The van der Waals surface area contributed by atoms with E-state index in [1.807, 2.05) is 0 Å². The van der Waals surface area contributed by atoms with Crippen LogP contribution in [0.3, 0.4) is 0 Å². The Bertz CT molecular complexity index is 741. The zero-order valence-corrected chi connectivity index (χ0v) is 14.6. The molecule has 0 atom stereocenters. The minimum atomic E-state index is -0.193. The second-order valence-electron chi connectivity index (χ2n) is 6.14. The van der Waals surface area contributed by atoms with Gasteiger partial charge in [0.15, 0.2) is 11.5 Å². The molecule has 7 nitrogen and oxygen atoms in total. The van der Waals surface area contributed by atoms with Crippen molar-refractivity contribution in [3.8, 4) is 11.5 Å². The van der Waals surface area contributed by atoms with Crippen LogP contribution in [0.1, 0.15) is 19.3 Å². The van der Waals surface area contributed by atoms with Gasteiger partial charge in [0.05, 0.1) is 23.8 Å². The van der Waals surface area contributed by atoms with Crippen LogP contribution in [0.5, 0.6) is 11.5 Å². The first-order valence-corrected chi connectivity index (χ1v) is 8.76. The third-order valence-corrected chi connectivity index (χ3v) is 4.36. The normalized spacial score (nSPS) is 15.4. The molecule has 1 fully saturated rings. The molecule has 1 saturated heterocycles. The number of aromatic amines is 1. The van der Waals surface area contributed by atoms with Gasteiger partial charge in [-0.15, -0.1) is 0 Å². The summed E-state index contributed by atoms with van der Waals surface area (Å²) in [6.45, 7) is 4.59. The molecule has 2 aromatic rings. The van der Waals surface area contributed by atoms with Crippen molar-refractivity contribution in [3.05, 3.63) is 28.8 Å². The second-order valence-corrected chi connectivity index (χ2v) is 6.14. The summed E-state index contributed by atoms with van der Waals surface area (Å²) in [6, 6.07) is 3.45. The Labute approximate surface area is 146 Å². The molecule has 1 aromatic heterocycles. The number of benzene rings is 1. The van der Waals surface area contributed by atoms with Crippen molar-refractivity contribution in [2.75, 3.05) is 46.6 Å². The van der Waals surface area contributed by atoms with Crippen molar-refractivity contribution in [1.29, 1.82) is 0 Å². The summed E-state index contributed by atoms with van der Waals surface area (Å²) in [7, 11) is 1.62. The zero-order chi connectivity index (χ0) is 17.5. The number of piperidine rings is 1. The lowest BCUT2D eigenvalue weighted by atomic mass is 10.1. The molecule has 1 aliphatic heterocycles. The highest BCUT2D eigenvalue weighted by Crippen LogP contribution is 2.30. The topological polar surface area (TPSA) is 76.7 Å². The van der Waals surface area contributed by atoms with Crippen LogP contribution in [0.25, 0.3) is 10.9 Å². The summed E-state index contributed by atoms with van der Waals surface area (Å²) in [5.74, 6) is 1.15. The van der Waals surface area contributed by atoms with Gasteiger partial charge in [0.2, 0.25) is 0 Å². The molecule has 0 saturated carbocycles. The third kappa shape index (κ3) is 4.70. The molecule has 1 aromatic carbocycles. The molecule has 2 heterocycles. The van der Waals surface area contributed by atoms with Gasteiger partial charge in [0.25, 0.3) is 5.56 Å². The van der Waals surface area contributed by atoms with E-state index >= 15 is 0 Å². The van der Waals surface area contributed by atoms with Crippen molar-refractivity contribution >= 4 is 10.9 Å². The van der Waals surface area contributed by atoms with Crippen LogP contribution in [-0.4, -0.2) is 61.4 Å². The van der Waals surface area contributed by atoms with E-state index in [0.29, 0.717) is 42.2 Å². The van der Waals surface area contributed by atoms with Crippen LogP contribution in [0.15, 0.2) is 23.3 Å². The highest BCUT2D eigenvalue weighted by atomic mass is 16.5. The molecular weight excluding hydrogens is 322 g/mol. The molecule has 0 bridgehead atoms. The zero-order valence-electron chi connectivity index (χ0n) is 14.6. The largest absolute Gasteiger partial charge is 0.488 e. The predicted octanol–water partition coefficient (Wildman–Crippen LogP) is 1.81. The molecule has 25 heavy (non-hydrogen) atoms. The number of aromatic nitrogens is 2. The molecule has 136 valence electrons. The number of fused-ring (bicyclic) bond motifs is 1. The molecule has 0 aliphatic carbocycles. The Morgan fingerprint density at radius 2 is 1.84 bits per heavy atom. The van der Waals surface area contributed by atoms with E-state index in [0.717, 1.165) is 19.6 Å². The first-order valence-electron chi connectivity index (χ1n) is 8.76. The lowest BCUT2D eigenvalue weighted by molar-refractivity contribution is 0.141. The van der Waals surface area contributed by atoms with E-state index in [9.17, 15) is 4.79 Å². The summed E-state index contributed by atoms with van der Waals surface area (Å²) in [5.41, 5.74) is 0.400. The van der Waals surface area contributed by atoms with Crippen LogP contribution in [-0.2, 0) is 4.74 Å². The number of hydrogen-bond donors (Lipinski definition) is 1. The number of rotatable bonds is 8. The van der Waals surface area contributed by atoms with Gasteiger partial charge in [-0.1, -0.05) is 6.42 Å². The molecule has 0 radical (unpaired) electrons. The van der Waals surface area contributed by atoms with Crippen LogP contribution >= 0.6 is 0 Å². The molecular formula is C18H25N3O4. The fourth-order valence-corrected chi connectivity index (χ4v) is 3.00. The maximum atomic E-state index is 12.0. The minimum absolute atomic E-state index is 0.193. The summed E-state index contributed by atoms with van der Waals surface area (Å²) in [4.78, 5) is 21.2. The van der Waals surface area contributed by atoms with E-state index in [4.69, 9.17) is 14.2 Å². The van der Waals surface area contributed by atoms with Crippen molar-refractivity contribution in [2.45, 2.75) is 19.3 Å². The van der Waals surface area contributed by atoms with Gasteiger partial charge in [-0.25, -0.2) is 4.98 Å². The summed E-state index contributed by atoms with van der Waals surface area (Å²) in [5, 5.41) is 0.485. The van der Waals surface area contributed by atoms with Gasteiger partial charge in [0, 0.05) is 19.7 Å². The van der Waals surface area contributed by atoms with Crippen LogP contribution < -0.4 is 15.0 Å². The van der Waals surface area contributed by atoms with E-state index < -0.39 is 0 Å². The lowest BCUT2D eigenvalue weighted by Gasteiger charge is -2.26. The van der Waals surface area contributed by atoms with Crippen LogP contribution in [0.2, 0.25) is 0 Å². The monoisotopic (exact) mass is 347 g/mol. The van der Waals surface area contributed by atoms with E-state index in [-0.39, 0.29) is 5.56 Å². The Balaban J connectivity index is 1.73. The average molecular weight is 347 g/mol. The SMILES string of the molecule is COCCOc1cc2c(=O)[nH]cnc2cc1OCCN1CCCCC1. The Morgan fingerprint density at radius 3 is 2.64 bits per heavy atom. The summed E-state index contributed by atoms with van der Waals surface area (Å²) in [6.07, 6.45) is 5.23. The summed E-state index contributed by atoms with van der Waals surface area (Å²) < 4.78 is 16.7. The van der Waals surface area contributed by atoms with Crippen molar-refractivity contribution in [2.24, 2.45) is 0 Å². The minimum Gasteiger partial charge on any atom is -0.488 e. The molecule has 1 aliphatic rings. The highest BCUT2D eigenvalue weighted by Gasteiger charge is 2.13. The molecule has 3 rings (SSSR count). The highest BCUT2D eigenvalue weighted by molar-refractivity contribution is 5.81. The van der Waals surface area contributed by atoms with Crippen molar-refractivity contribution < 1.29 is 14.2 Å². The number of methoxy groups -OCH3 is 1. The molecule has 0 unspecified atom stereocenters. The quantitative estimate of drug-likeness (QED) is 0.734. The van der Waals surface area contributed by atoms with Gasteiger partial charge in [-0.05, 0) is 32.0 Å². The second kappa shape index (κ2) is 8.82. The van der Waals surface area contributed by atoms with E-state index in [2.05, 4.69) is 14.9 Å². The first-order chi connectivity index (χ1) is 12.3. The van der Waals surface area contributed by atoms with Crippen LogP contribution in [0.4, 0.5) is 0 Å². The van der Waals surface area contributed by atoms with Crippen molar-refractivity contribution in [3.63, 3.8) is 0 Å². The predicted molar refractivity (Wildman–Crippen MR) is 95.5 cm³/mol. The number of likely N-dealkylation sites (tertiary alicyclic amines) is 1. The van der Waals surface area contributed by atoms with Crippen molar-refractivity contribution in [1.82, 2.24) is 14.9 Å². The first kappa shape index (κ1) is 17.7. The van der Waals surface area contributed by atoms with E-state index in [1.54, 1.807) is 19.2 Å². The van der Waals surface area contributed by atoms with Gasteiger partial charge in [-0.2, -0.15) is 0 Å². The molecule has 7 heteroatoms. The fourth-order valence-electron chi connectivity index (χ4n) is 3.00. The number of hydrogen-bond acceptors (Lipinski definition) is 6. The van der Waals surface area contributed by atoms with Crippen LogP contribution in [0, 0.1) is 0 Å². The maximum absolute atomic E-state index is 12.0.